The second-order valence-corrected chi connectivity index (χ2v) is 8.72. The smallest absolute Gasteiger partial charge is 0.153 e. The summed E-state index contributed by atoms with van der Waals surface area (Å²) in [6, 6.07) is 0.615. The molecule has 1 heterocycles. The largest absolute Gasteiger partial charge is 0.316 e. The molecule has 2 atom stereocenters. The van der Waals surface area contributed by atoms with Crippen molar-refractivity contribution in [3.63, 3.8) is 0 Å². The Morgan fingerprint density at radius 3 is 2.44 bits per heavy atom. The highest BCUT2D eigenvalue weighted by Crippen LogP contribution is 2.22. The molecule has 1 aliphatic rings. The number of nitrogens with one attached hydrogen (secondary N) is 1. The zero-order valence-electron chi connectivity index (χ0n) is 12.4. The van der Waals surface area contributed by atoms with Gasteiger partial charge in [-0.25, -0.2) is 8.42 Å². The van der Waals surface area contributed by atoms with Crippen molar-refractivity contribution in [2.24, 2.45) is 5.41 Å². The molecular formula is C13H28N2O2S. The highest BCUT2D eigenvalue weighted by Gasteiger charge is 2.29. The van der Waals surface area contributed by atoms with Crippen LogP contribution in [0, 0.1) is 5.41 Å². The molecule has 1 rings (SSSR count). The van der Waals surface area contributed by atoms with Crippen molar-refractivity contribution in [2.75, 3.05) is 31.6 Å². The van der Waals surface area contributed by atoms with E-state index in [-0.39, 0.29) is 11.5 Å². The molecule has 0 radical (unpaired) electrons. The fourth-order valence-electron chi connectivity index (χ4n) is 2.67. The Kier molecular flexibility index (Phi) is 5.21. The molecule has 0 bridgehead atoms. The predicted molar refractivity (Wildman–Crippen MR) is 76.6 cm³/mol. The first-order chi connectivity index (χ1) is 8.15. The molecule has 108 valence electrons. The summed E-state index contributed by atoms with van der Waals surface area (Å²) < 4.78 is 23.0. The lowest BCUT2D eigenvalue weighted by Gasteiger charge is -2.36. The maximum atomic E-state index is 11.5. The maximum Gasteiger partial charge on any atom is 0.153 e. The third kappa shape index (κ3) is 4.52. The summed E-state index contributed by atoms with van der Waals surface area (Å²) in [4.78, 5) is 2.30. The monoisotopic (exact) mass is 276 g/mol. The van der Waals surface area contributed by atoms with Crippen LogP contribution in [0.2, 0.25) is 0 Å². The van der Waals surface area contributed by atoms with Gasteiger partial charge in [0.05, 0.1) is 11.5 Å². The van der Waals surface area contributed by atoms with Crippen molar-refractivity contribution in [3.8, 4) is 0 Å². The van der Waals surface area contributed by atoms with E-state index in [0.29, 0.717) is 24.1 Å². The standard InChI is InChI=1S/C13H28N2O2S/c1-11-10-18(16,17)9-8-15(11)7-6-12(14-5)13(2,3)4/h11-12,14H,6-10H2,1-5H3. The number of hydrogen-bond donors (Lipinski definition) is 1. The molecule has 0 amide bonds. The average molecular weight is 276 g/mol. The summed E-state index contributed by atoms with van der Waals surface area (Å²) in [5.74, 6) is 0.629. The SMILES string of the molecule is CNC(CCN1CCS(=O)(=O)CC1C)C(C)(C)C. The van der Waals surface area contributed by atoms with E-state index in [9.17, 15) is 8.42 Å². The molecule has 0 aliphatic carbocycles. The predicted octanol–water partition coefficient (Wildman–Crippen LogP) is 1.13. The van der Waals surface area contributed by atoms with Crippen molar-refractivity contribution in [3.05, 3.63) is 0 Å². The molecule has 1 saturated heterocycles. The van der Waals surface area contributed by atoms with E-state index >= 15 is 0 Å². The van der Waals surface area contributed by atoms with Crippen molar-refractivity contribution in [2.45, 2.75) is 46.2 Å². The molecule has 1 aliphatic heterocycles. The number of rotatable bonds is 4. The second-order valence-electron chi connectivity index (χ2n) is 6.50. The summed E-state index contributed by atoms with van der Waals surface area (Å²) >= 11 is 0. The number of sulfone groups is 1. The Balaban J connectivity index is 2.49. The third-order valence-corrected chi connectivity index (χ3v) is 5.70. The number of nitrogens with zero attached hydrogens (tertiary/aromatic N) is 1. The summed E-state index contributed by atoms with van der Waals surface area (Å²) in [5.41, 5.74) is 0.236. The van der Waals surface area contributed by atoms with Gasteiger partial charge in [-0.2, -0.15) is 0 Å². The first-order valence-corrected chi connectivity index (χ1v) is 8.59. The highest BCUT2D eigenvalue weighted by molar-refractivity contribution is 7.91. The van der Waals surface area contributed by atoms with Gasteiger partial charge in [-0.05, 0) is 32.4 Å². The van der Waals surface area contributed by atoms with Gasteiger partial charge in [-0.1, -0.05) is 20.8 Å². The van der Waals surface area contributed by atoms with Gasteiger partial charge in [-0.3, -0.25) is 4.90 Å². The van der Waals surface area contributed by atoms with Crippen LogP contribution in [0.4, 0.5) is 0 Å². The van der Waals surface area contributed by atoms with Crippen LogP contribution >= 0.6 is 0 Å². The minimum absolute atomic E-state index is 0.154. The molecule has 18 heavy (non-hydrogen) atoms. The summed E-state index contributed by atoms with van der Waals surface area (Å²) in [7, 11) is -0.795. The van der Waals surface area contributed by atoms with Gasteiger partial charge < -0.3 is 5.32 Å². The molecule has 0 aromatic rings. The molecule has 1 fully saturated rings. The van der Waals surface area contributed by atoms with Crippen molar-refractivity contribution in [1.29, 1.82) is 0 Å². The second kappa shape index (κ2) is 5.88. The van der Waals surface area contributed by atoms with Gasteiger partial charge in [0.25, 0.3) is 0 Å². The summed E-state index contributed by atoms with van der Waals surface area (Å²) in [6.45, 7) is 10.4. The lowest BCUT2D eigenvalue weighted by molar-refractivity contribution is 0.185. The van der Waals surface area contributed by atoms with Crippen molar-refractivity contribution in [1.82, 2.24) is 10.2 Å². The van der Waals surface area contributed by atoms with Crippen LogP contribution in [0.3, 0.4) is 0 Å². The topological polar surface area (TPSA) is 49.4 Å². The van der Waals surface area contributed by atoms with E-state index in [1.54, 1.807) is 0 Å². The van der Waals surface area contributed by atoms with Crippen LogP contribution in [0.25, 0.3) is 0 Å². The van der Waals surface area contributed by atoms with E-state index < -0.39 is 9.84 Å². The van der Waals surface area contributed by atoms with Crippen LogP contribution in [0.1, 0.15) is 34.1 Å². The van der Waals surface area contributed by atoms with Gasteiger partial charge in [-0.15, -0.1) is 0 Å². The summed E-state index contributed by atoms with van der Waals surface area (Å²) in [5, 5.41) is 3.37. The normalized spacial score (nSPS) is 27.1. The lowest BCUT2D eigenvalue weighted by Crippen LogP contribution is -2.49. The quantitative estimate of drug-likeness (QED) is 0.836. The van der Waals surface area contributed by atoms with Crippen molar-refractivity contribution < 1.29 is 8.42 Å². The first-order valence-electron chi connectivity index (χ1n) is 6.77. The Hall–Kier alpha value is -0.130. The van der Waals surface area contributed by atoms with E-state index in [0.717, 1.165) is 13.0 Å². The molecule has 0 aromatic carbocycles. The Bertz CT molecular complexity index is 360. The molecular weight excluding hydrogens is 248 g/mol. The highest BCUT2D eigenvalue weighted by atomic mass is 32.2. The molecule has 0 spiro atoms. The van der Waals surface area contributed by atoms with Crippen LogP contribution in [-0.4, -0.2) is 57.0 Å². The fourth-order valence-corrected chi connectivity index (χ4v) is 4.30. The Morgan fingerprint density at radius 1 is 1.39 bits per heavy atom. The lowest BCUT2D eigenvalue weighted by atomic mass is 9.85. The summed E-state index contributed by atoms with van der Waals surface area (Å²) in [6.07, 6.45) is 1.06. The first kappa shape index (κ1) is 15.9. The van der Waals surface area contributed by atoms with E-state index in [2.05, 4.69) is 31.0 Å². The molecule has 0 aromatic heterocycles. The Morgan fingerprint density at radius 2 is 2.00 bits per heavy atom. The molecule has 0 saturated carbocycles. The molecule has 5 heteroatoms. The molecule has 2 unspecified atom stereocenters. The minimum Gasteiger partial charge on any atom is -0.316 e. The van der Waals surface area contributed by atoms with Crippen LogP contribution in [-0.2, 0) is 9.84 Å². The van der Waals surface area contributed by atoms with Crippen molar-refractivity contribution >= 4 is 9.84 Å². The third-order valence-electron chi connectivity index (χ3n) is 3.91. The van der Waals surface area contributed by atoms with Gasteiger partial charge in [0.15, 0.2) is 9.84 Å². The van der Waals surface area contributed by atoms with Crippen LogP contribution < -0.4 is 5.32 Å². The average Bonchev–Trinajstić information content (AvgIpc) is 2.18. The Labute approximate surface area is 112 Å². The number of hydrogen-bond acceptors (Lipinski definition) is 4. The minimum atomic E-state index is -2.79. The van der Waals surface area contributed by atoms with E-state index in [1.165, 1.54) is 0 Å². The zero-order valence-corrected chi connectivity index (χ0v) is 13.2. The van der Waals surface area contributed by atoms with Gasteiger partial charge in [0.1, 0.15) is 0 Å². The van der Waals surface area contributed by atoms with Gasteiger partial charge >= 0.3 is 0 Å². The zero-order chi connectivity index (χ0) is 14.0. The van der Waals surface area contributed by atoms with Crippen LogP contribution in [0.15, 0.2) is 0 Å². The van der Waals surface area contributed by atoms with E-state index in [1.807, 2.05) is 14.0 Å². The maximum absolute atomic E-state index is 11.5. The van der Waals surface area contributed by atoms with Gasteiger partial charge in [0, 0.05) is 18.6 Å². The molecule has 4 nitrogen and oxygen atoms in total. The van der Waals surface area contributed by atoms with Crippen LogP contribution in [0.5, 0.6) is 0 Å². The fraction of sp³-hybridized carbons (Fsp3) is 1.00. The molecule has 1 N–H and O–H groups in total. The van der Waals surface area contributed by atoms with E-state index in [4.69, 9.17) is 0 Å². The van der Waals surface area contributed by atoms with Gasteiger partial charge in [0.2, 0.25) is 0 Å².